The number of halogens is 1. The molecule has 0 nitrogen and oxygen atoms in total. The molecule has 0 aromatic heterocycles. The zero-order valence-electron chi connectivity index (χ0n) is 5.91. The zero-order chi connectivity index (χ0) is 5.54. The second-order valence-electron chi connectivity index (χ2n) is 1.64. The van der Waals surface area contributed by atoms with Crippen LogP contribution in [0.5, 0.6) is 0 Å². The summed E-state index contributed by atoms with van der Waals surface area (Å²) in [5.41, 5.74) is 0. The molecule has 9 heavy (non-hydrogen) atoms. The first kappa shape index (κ1) is 16.4. The van der Waals surface area contributed by atoms with E-state index >= 15 is 0 Å². The van der Waals surface area contributed by atoms with Crippen molar-refractivity contribution in [1.82, 2.24) is 0 Å². The molecule has 0 saturated heterocycles. The smallest absolute Gasteiger partial charge is 1.00 e. The minimum absolute atomic E-state index is 0. The van der Waals surface area contributed by atoms with Crippen molar-refractivity contribution >= 4 is 23.1 Å². The summed E-state index contributed by atoms with van der Waals surface area (Å²) in [6, 6.07) is 0. The van der Waals surface area contributed by atoms with Crippen LogP contribution in [-0.4, -0.2) is 23.1 Å². The standard InChI is InChI=1S/C7H13.ClH.Mg/c1-3-5-7-6-4-2;;/h3H,1-2,4-7H2;1H;/q-1;;+2/p-1. The zero-order valence-corrected chi connectivity index (χ0v) is 8.08. The Morgan fingerprint density at radius 1 is 1.33 bits per heavy atom. The molecule has 0 fully saturated rings. The van der Waals surface area contributed by atoms with Crippen LogP contribution in [0.3, 0.4) is 0 Å². The summed E-state index contributed by atoms with van der Waals surface area (Å²) >= 11 is 0. The second-order valence-corrected chi connectivity index (χ2v) is 1.64. The van der Waals surface area contributed by atoms with E-state index in [2.05, 4.69) is 13.5 Å². The predicted octanol–water partition coefficient (Wildman–Crippen LogP) is -0.810. The maximum absolute atomic E-state index is 3.72. The Hall–Kier alpha value is 0.796. The maximum Gasteiger partial charge on any atom is 2.00 e. The number of hydrogen-bond acceptors (Lipinski definition) is 0. The molecular formula is C7H13ClMg. The Morgan fingerprint density at radius 2 is 1.89 bits per heavy atom. The number of unbranched alkanes of at least 4 members (excludes halogenated alkanes) is 3. The van der Waals surface area contributed by atoms with Crippen molar-refractivity contribution in [2.45, 2.75) is 25.7 Å². The largest absolute Gasteiger partial charge is 2.00 e. The Morgan fingerprint density at radius 3 is 2.22 bits per heavy atom. The van der Waals surface area contributed by atoms with Gasteiger partial charge in [-0.25, -0.2) is 0 Å². The van der Waals surface area contributed by atoms with E-state index in [9.17, 15) is 0 Å². The van der Waals surface area contributed by atoms with Crippen molar-refractivity contribution in [2.75, 3.05) is 0 Å². The van der Waals surface area contributed by atoms with E-state index in [1.165, 1.54) is 12.8 Å². The van der Waals surface area contributed by atoms with Crippen molar-refractivity contribution in [2.24, 2.45) is 0 Å². The van der Waals surface area contributed by atoms with Crippen LogP contribution in [-0.2, 0) is 0 Å². The number of rotatable bonds is 4. The van der Waals surface area contributed by atoms with Gasteiger partial charge in [0.05, 0.1) is 0 Å². The molecule has 0 N–H and O–H groups in total. The van der Waals surface area contributed by atoms with Gasteiger partial charge in [-0.15, -0.1) is 6.58 Å². The first-order valence-electron chi connectivity index (χ1n) is 2.82. The summed E-state index contributed by atoms with van der Waals surface area (Å²) in [5.74, 6) is 0. The normalized spacial score (nSPS) is 6.78. The molecular weight excluding hydrogens is 144 g/mol. The molecule has 2 heteroatoms. The fourth-order valence-electron chi connectivity index (χ4n) is 0.465. The van der Waals surface area contributed by atoms with Gasteiger partial charge in [0.25, 0.3) is 0 Å². The third-order valence-electron chi connectivity index (χ3n) is 0.908. The molecule has 0 aromatic rings. The molecule has 0 saturated carbocycles. The van der Waals surface area contributed by atoms with Gasteiger partial charge in [0.1, 0.15) is 0 Å². The molecule has 50 valence electrons. The summed E-state index contributed by atoms with van der Waals surface area (Å²) in [6.45, 7) is 7.34. The van der Waals surface area contributed by atoms with Gasteiger partial charge in [-0.1, -0.05) is 18.9 Å². The molecule has 0 amide bonds. The van der Waals surface area contributed by atoms with E-state index in [-0.39, 0.29) is 35.5 Å². The van der Waals surface area contributed by atoms with Gasteiger partial charge in [0, 0.05) is 0 Å². The maximum atomic E-state index is 3.72. The SMILES string of the molecule is C=CCCCC[CH2-].[Cl-].[Mg+2]. The molecule has 0 atom stereocenters. The van der Waals surface area contributed by atoms with Crippen molar-refractivity contribution in [3.8, 4) is 0 Å². The first-order chi connectivity index (χ1) is 3.41. The van der Waals surface area contributed by atoms with Crippen molar-refractivity contribution in [3.63, 3.8) is 0 Å². The Kier molecular flexibility index (Phi) is 29.0. The van der Waals surface area contributed by atoms with Crippen molar-refractivity contribution < 1.29 is 12.4 Å². The molecule has 0 aromatic carbocycles. The quantitative estimate of drug-likeness (QED) is 0.216. The molecule has 0 bridgehead atoms. The van der Waals surface area contributed by atoms with Crippen molar-refractivity contribution in [1.29, 1.82) is 0 Å². The van der Waals surface area contributed by atoms with Crippen LogP contribution in [0.15, 0.2) is 12.7 Å². The van der Waals surface area contributed by atoms with Gasteiger partial charge < -0.3 is 19.3 Å². The fourth-order valence-corrected chi connectivity index (χ4v) is 0.465. The second kappa shape index (κ2) is 15.9. The van der Waals surface area contributed by atoms with E-state index in [4.69, 9.17) is 0 Å². The summed E-state index contributed by atoms with van der Waals surface area (Å²) in [4.78, 5) is 0. The molecule has 0 aliphatic carbocycles. The van der Waals surface area contributed by atoms with Crippen LogP contribution in [0.2, 0.25) is 0 Å². The van der Waals surface area contributed by atoms with Gasteiger partial charge in [-0.05, 0) is 6.42 Å². The van der Waals surface area contributed by atoms with Crippen LogP contribution < -0.4 is 12.4 Å². The molecule has 0 radical (unpaired) electrons. The monoisotopic (exact) mass is 156 g/mol. The Bertz CT molecular complexity index is 46.2. The average Bonchev–Trinajstić information content (AvgIpc) is 1.69. The van der Waals surface area contributed by atoms with Gasteiger partial charge in [-0.3, -0.25) is 0 Å². The molecule has 0 unspecified atom stereocenters. The van der Waals surface area contributed by atoms with Gasteiger partial charge in [-0.2, -0.15) is 6.42 Å². The Balaban J connectivity index is -0.000000180. The summed E-state index contributed by atoms with van der Waals surface area (Å²) in [5, 5.41) is 0. The first-order valence-corrected chi connectivity index (χ1v) is 2.82. The predicted molar refractivity (Wildman–Crippen MR) is 39.8 cm³/mol. The Labute approximate surface area is 80.7 Å². The number of allylic oxidation sites excluding steroid dienone is 1. The fraction of sp³-hybridized carbons (Fsp3) is 0.571. The van der Waals surface area contributed by atoms with Crippen LogP contribution in [0.1, 0.15) is 25.7 Å². The van der Waals surface area contributed by atoms with Crippen molar-refractivity contribution in [3.05, 3.63) is 19.6 Å². The summed E-state index contributed by atoms with van der Waals surface area (Å²) in [7, 11) is 0. The molecule has 0 aliphatic heterocycles. The van der Waals surface area contributed by atoms with Crippen LogP contribution in [0.4, 0.5) is 0 Å². The third-order valence-corrected chi connectivity index (χ3v) is 0.908. The minimum Gasteiger partial charge on any atom is -1.00 e. The van der Waals surface area contributed by atoms with Crippen LogP contribution in [0, 0.1) is 6.92 Å². The number of hydrogen-bond donors (Lipinski definition) is 0. The third kappa shape index (κ3) is 17.7. The summed E-state index contributed by atoms with van der Waals surface area (Å²) in [6.07, 6.45) is 6.66. The van der Waals surface area contributed by atoms with Gasteiger partial charge >= 0.3 is 23.1 Å². The van der Waals surface area contributed by atoms with Gasteiger partial charge in [0.15, 0.2) is 0 Å². The topological polar surface area (TPSA) is 0 Å². The minimum atomic E-state index is 0. The van der Waals surface area contributed by atoms with E-state index in [1.807, 2.05) is 6.08 Å². The van der Waals surface area contributed by atoms with E-state index in [1.54, 1.807) is 0 Å². The van der Waals surface area contributed by atoms with Crippen LogP contribution >= 0.6 is 0 Å². The van der Waals surface area contributed by atoms with Crippen LogP contribution in [0.25, 0.3) is 0 Å². The van der Waals surface area contributed by atoms with Gasteiger partial charge in [0.2, 0.25) is 0 Å². The van der Waals surface area contributed by atoms with E-state index in [0.29, 0.717) is 0 Å². The molecule has 0 rings (SSSR count). The van der Waals surface area contributed by atoms with E-state index in [0.717, 1.165) is 12.8 Å². The average molecular weight is 157 g/mol. The molecule has 0 aliphatic rings. The van der Waals surface area contributed by atoms with E-state index < -0.39 is 0 Å². The summed E-state index contributed by atoms with van der Waals surface area (Å²) < 4.78 is 0. The molecule has 0 heterocycles. The molecule has 0 spiro atoms.